The van der Waals surface area contributed by atoms with E-state index < -0.39 is 12.1 Å². The van der Waals surface area contributed by atoms with Gasteiger partial charge in [0.05, 0.1) is 18.2 Å². The number of carboxylic acids is 1. The molecular weight excluding hydrogens is 397 g/mol. The van der Waals surface area contributed by atoms with E-state index in [9.17, 15) is 18.0 Å². The van der Waals surface area contributed by atoms with Crippen molar-refractivity contribution in [3.8, 4) is 0 Å². The Morgan fingerprint density at radius 3 is 2.75 bits per heavy atom. The first-order valence-corrected chi connectivity index (χ1v) is 9.43. The molecule has 2 aromatic rings. The second-order valence-corrected chi connectivity index (χ2v) is 7.15. The number of carbonyl (C=O) groups excluding carboxylic acids is 1. The lowest BCUT2D eigenvalue weighted by atomic mass is 10.2. The number of rotatable bonds is 5. The summed E-state index contributed by atoms with van der Waals surface area (Å²) >= 11 is 1.72. The molecule has 1 unspecified atom stereocenters. The average molecular weight is 418 g/mol. The van der Waals surface area contributed by atoms with Gasteiger partial charge in [0.15, 0.2) is 0 Å². The van der Waals surface area contributed by atoms with Crippen molar-refractivity contribution in [1.82, 2.24) is 20.2 Å². The number of hydrogen-bond donors (Lipinski definition) is 3. The first-order valence-electron chi connectivity index (χ1n) is 8.55. The van der Waals surface area contributed by atoms with E-state index >= 15 is 0 Å². The molecule has 0 spiro atoms. The summed E-state index contributed by atoms with van der Waals surface area (Å²) in [5.74, 6) is -1.68. The Kier molecular flexibility index (Phi) is 7.58. The monoisotopic (exact) mass is 418 g/mol. The lowest BCUT2D eigenvalue weighted by Gasteiger charge is -2.21. The summed E-state index contributed by atoms with van der Waals surface area (Å²) in [4.78, 5) is 26.7. The van der Waals surface area contributed by atoms with Crippen LogP contribution in [0.2, 0.25) is 0 Å². The highest BCUT2D eigenvalue weighted by Gasteiger charge is 2.38. The summed E-state index contributed by atoms with van der Waals surface area (Å²) in [5.41, 5.74) is 0.856. The molecule has 0 saturated heterocycles. The lowest BCUT2D eigenvalue weighted by Crippen LogP contribution is -2.31. The summed E-state index contributed by atoms with van der Waals surface area (Å²) in [6.07, 6.45) is -1.83. The molecule has 0 aliphatic carbocycles. The van der Waals surface area contributed by atoms with Gasteiger partial charge in [-0.3, -0.25) is 4.79 Å². The minimum Gasteiger partial charge on any atom is -0.475 e. The summed E-state index contributed by atoms with van der Waals surface area (Å²) in [5, 5.41) is 15.5. The minimum atomic E-state index is -5.08. The maximum absolute atomic E-state index is 12.0. The van der Waals surface area contributed by atoms with Crippen molar-refractivity contribution in [3.63, 3.8) is 0 Å². The number of aromatic nitrogens is 2. The molecule has 0 radical (unpaired) electrons. The van der Waals surface area contributed by atoms with Crippen molar-refractivity contribution in [1.29, 1.82) is 0 Å². The Bertz CT molecular complexity index is 790. The van der Waals surface area contributed by atoms with Crippen molar-refractivity contribution < 1.29 is 27.9 Å². The van der Waals surface area contributed by atoms with Gasteiger partial charge in [-0.2, -0.15) is 13.2 Å². The second-order valence-electron chi connectivity index (χ2n) is 6.12. The predicted octanol–water partition coefficient (Wildman–Crippen LogP) is 2.14. The Balaban J connectivity index is 0.000000345. The normalized spacial score (nSPS) is 15.9. The van der Waals surface area contributed by atoms with Crippen molar-refractivity contribution in [2.45, 2.75) is 38.5 Å². The smallest absolute Gasteiger partial charge is 0.475 e. The largest absolute Gasteiger partial charge is 0.490 e. The number of fused-ring (bicyclic) bond motifs is 1. The topological polar surface area (TPSA) is 96.3 Å². The van der Waals surface area contributed by atoms with Crippen LogP contribution in [0, 0.1) is 0 Å². The number of carbonyl (C=O) groups is 2. The average Bonchev–Trinajstić information content (AvgIpc) is 3.24. The predicted molar refractivity (Wildman–Crippen MR) is 97.1 cm³/mol. The maximum atomic E-state index is 12.0. The standard InChI is InChI=1S/C15H20N4OS.C2HF3O2/c1-11-15-18-12(10-19(15)7-6-16-11)9-14(20)17-5-4-13-3-2-8-21-13;3-2(4,5)1(6)7/h2-3,8,10-11,16H,4-7,9H2,1H3,(H,17,20);(H,6,7). The molecule has 3 N–H and O–H groups in total. The van der Waals surface area contributed by atoms with E-state index in [0.29, 0.717) is 13.0 Å². The Morgan fingerprint density at radius 1 is 1.46 bits per heavy atom. The number of carboxylic acid groups (broad SMARTS) is 1. The van der Waals surface area contributed by atoms with Crippen molar-refractivity contribution in [2.24, 2.45) is 0 Å². The van der Waals surface area contributed by atoms with Crippen LogP contribution >= 0.6 is 11.3 Å². The fourth-order valence-corrected chi connectivity index (χ4v) is 3.30. The van der Waals surface area contributed by atoms with Crippen molar-refractivity contribution in [3.05, 3.63) is 40.1 Å². The van der Waals surface area contributed by atoms with Crippen LogP contribution in [0.15, 0.2) is 23.7 Å². The zero-order chi connectivity index (χ0) is 20.7. The van der Waals surface area contributed by atoms with E-state index in [0.717, 1.165) is 31.0 Å². The zero-order valence-electron chi connectivity index (χ0n) is 15.1. The highest BCUT2D eigenvalue weighted by atomic mass is 32.1. The second kappa shape index (κ2) is 9.69. The van der Waals surface area contributed by atoms with Crippen molar-refractivity contribution in [2.75, 3.05) is 13.1 Å². The van der Waals surface area contributed by atoms with Crippen LogP contribution in [0.25, 0.3) is 0 Å². The molecule has 154 valence electrons. The molecule has 1 aliphatic rings. The highest BCUT2D eigenvalue weighted by molar-refractivity contribution is 7.09. The number of halogens is 3. The van der Waals surface area contributed by atoms with E-state index in [2.05, 4.69) is 38.6 Å². The molecule has 1 aliphatic heterocycles. The third kappa shape index (κ3) is 6.64. The first kappa shape index (κ1) is 21.9. The van der Waals surface area contributed by atoms with Gasteiger partial charge < -0.3 is 20.3 Å². The Morgan fingerprint density at radius 2 is 2.18 bits per heavy atom. The van der Waals surface area contributed by atoms with Gasteiger partial charge >= 0.3 is 12.1 Å². The first-order chi connectivity index (χ1) is 13.2. The number of imidazole rings is 1. The molecule has 0 bridgehead atoms. The highest BCUT2D eigenvalue weighted by Crippen LogP contribution is 2.16. The molecule has 0 saturated carbocycles. The number of nitrogens with one attached hydrogen (secondary N) is 2. The van der Waals surface area contributed by atoms with Crippen LogP contribution in [0.1, 0.15) is 29.4 Å². The molecule has 3 rings (SSSR count). The van der Waals surface area contributed by atoms with E-state index in [1.54, 1.807) is 11.3 Å². The Labute approximate surface area is 163 Å². The van der Waals surface area contributed by atoms with Crippen LogP contribution in [0.3, 0.4) is 0 Å². The lowest BCUT2D eigenvalue weighted by molar-refractivity contribution is -0.192. The molecule has 7 nitrogen and oxygen atoms in total. The van der Waals surface area contributed by atoms with Crippen LogP contribution in [-0.2, 0) is 29.0 Å². The zero-order valence-corrected chi connectivity index (χ0v) is 15.9. The minimum absolute atomic E-state index is 0.0441. The van der Waals surface area contributed by atoms with E-state index in [4.69, 9.17) is 9.90 Å². The van der Waals surface area contributed by atoms with Crippen LogP contribution in [0.5, 0.6) is 0 Å². The van der Waals surface area contributed by atoms with E-state index in [1.165, 1.54) is 4.88 Å². The third-order valence-electron chi connectivity index (χ3n) is 3.91. The van der Waals surface area contributed by atoms with Gasteiger partial charge in [-0.1, -0.05) is 6.07 Å². The number of hydrogen-bond acceptors (Lipinski definition) is 5. The maximum Gasteiger partial charge on any atom is 0.490 e. The fraction of sp³-hybridized carbons (Fsp3) is 0.471. The number of thiophene rings is 1. The quantitative estimate of drug-likeness (QED) is 0.692. The number of alkyl halides is 3. The van der Waals surface area contributed by atoms with Crippen LogP contribution in [-0.4, -0.2) is 45.8 Å². The van der Waals surface area contributed by atoms with Crippen molar-refractivity contribution >= 4 is 23.2 Å². The molecule has 0 fully saturated rings. The molecule has 1 atom stereocenters. The SMILES string of the molecule is CC1NCCn2cc(CC(=O)NCCc3cccs3)nc21.O=C(O)C(F)(F)F. The Hall–Kier alpha value is -2.40. The van der Waals surface area contributed by atoms with Gasteiger partial charge in [0.2, 0.25) is 5.91 Å². The fourth-order valence-electron chi connectivity index (χ4n) is 2.60. The van der Waals surface area contributed by atoms with Gasteiger partial charge in [0.1, 0.15) is 5.82 Å². The molecule has 2 aromatic heterocycles. The number of amides is 1. The van der Waals surface area contributed by atoms with Crippen LogP contribution in [0.4, 0.5) is 13.2 Å². The molecule has 11 heteroatoms. The van der Waals surface area contributed by atoms with Gasteiger partial charge in [0, 0.05) is 30.7 Å². The van der Waals surface area contributed by atoms with Crippen LogP contribution < -0.4 is 10.6 Å². The molecule has 0 aromatic carbocycles. The summed E-state index contributed by atoms with van der Waals surface area (Å²) in [6, 6.07) is 4.38. The summed E-state index contributed by atoms with van der Waals surface area (Å²) < 4.78 is 33.9. The summed E-state index contributed by atoms with van der Waals surface area (Å²) in [7, 11) is 0. The van der Waals surface area contributed by atoms with Gasteiger partial charge in [-0.15, -0.1) is 11.3 Å². The molecule has 1 amide bonds. The number of nitrogens with zero attached hydrogens (tertiary/aromatic N) is 2. The third-order valence-corrected chi connectivity index (χ3v) is 4.84. The van der Waals surface area contributed by atoms with Gasteiger partial charge in [0.25, 0.3) is 0 Å². The van der Waals surface area contributed by atoms with Gasteiger partial charge in [-0.25, -0.2) is 9.78 Å². The van der Waals surface area contributed by atoms with Gasteiger partial charge in [-0.05, 0) is 24.8 Å². The molecule has 3 heterocycles. The molecule has 28 heavy (non-hydrogen) atoms. The van der Waals surface area contributed by atoms with E-state index in [-0.39, 0.29) is 11.9 Å². The summed E-state index contributed by atoms with van der Waals surface area (Å²) in [6.45, 7) is 4.66. The van der Waals surface area contributed by atoms with E-state index in [1.807, 2.05) is 12.3 Å². The molecular formula is C17H21F3N4O3S. The number of aliphatic carboxylic acids is 1.